The first-order chi connectivity index (χ1) is 9.37. The molecule has 0 aromatic heterocycles. The van der Waals surface area contributed by atoms with Crippen LogP contribution in [-0.2, 0) is 14.6 Å². The Hall–Kier alpha value is -1.60. The Bertz CT molecular complexity index is 657. The molecule has 1 aliphatic heterocycles. The molecule has 2 N–H and O–H groups in total. The Kier molecular flexibility index (Phi) is 4.29. The molecule has 1 aliphatic rings. The number of benzene rings is 1. The van der Waals surface area contributed by atoms with E-state index in [0.717, 1.165) is 0 Å². The fourth-order valence-corrected chi connectivity index (χ4v) is 3.81. The summed E-state index contributed by atoms with van der Waals surface area (Å²) in [6.07, 6.45) is 1.56. The second-order valence-corrected chi connectivity index (χ2v) is 7.20. The van der Waals surface area contributed by atoms with Crippen molar-refractivity contribution < 1.29 is 18.3 Å². The summed E-state index contributed by atoms with van der Waals surface area (Å²) in [7, 11) is -3.10. The predicted octanol–water partition coefficient (Wildman–Crippen LogP) is 0.930. The summed E-state index contributed by atoms with van der Waals surface area (Å²) in [6.45, 7) is 0. The molecule has 20 heavy (non-hydrogen) atoms. The molecule has 0 saturated carbocycles. The van der Waals surface area contributed by atoms with Crippen LogP contribution < -0.4 is 5.43 Å². The largest absolute Gasteiger partial charge is 0.507 e. The fourth-order valence-electron chi connectivity index (χ4n) is 1.89. The monoisotopic (exact) mass is 316 g/mol. The van der Waals surface area contributed by atoms with Crippen molar-refractivity contribution in [1.82, 2.24) is 5.43 Å². The third-order valence-corrected chi connectivity index (χ3v) is 4.97. The number of nitrogens with one attached hydrogen (secondary N) is 1. The van der Waals surface area contributed by atoms with E-state index in [9.17, 15) is 18.3 Å². The molecule has 1 atom stereocenters. The smallest absolute Gasteiger partial charge is 0.244 e. The van der Waals surface area contributed by atoms with E-state index >= 15 is 0 Å². The van der Waals surface area contributed by atoms with Gasteiger partial charge in [0.1, 0.15) is 5.75 Å². The van der Waals surface area contributed by atoms with E-state index in [1.165, 1.54) is 24.4 Å². The zero-order valence-corrected chi connectivity index (χ0v) is 12.0. The Balaban J connectivity index is 1.97. The molecule has 0 spiro atoms. The maximum absolute atomic E-state index is 11.7. The average Bonchev–Trinajstić information content (AvgIpc) is 2.74. The van der Waals surface area contributed by atoms with Gasteiger partial charge in [0.15, 0.2) is 9.84 Å². The maximum atomic E-state index is 11.7. The lowest BCUT2D eigenvalue weighted by Crippen LogP contribution is -2.27. The van der Waals surface area contributed by atoms with Crippen LogP contribution >= 0.6 is 11.6 Å². The van der Waals surface area contributed by atoms with Gasteiger partial charge >= 0.3 is 0 Å². The number of halogens is 1. The van der Waals surface area contributed by atoms with Crippen LogP contribution in [0.4, 0.5) is 0 Å². The summed E-state index contributed by atoms with van der Waals surface area (Å²) < 4.78 is 22.5. The predicted molar refractivity (Wildman–Crippen MR) is 75.6 cm³/mol. The summed E-state index contributed by atoms with van der Waals surface area (Å²) in [5.41, 5.74) is 2.63. The Labute approximate surface area is 121 Å². The van der Waals surface area contributed by atoms with E-state index in [1.54, 1.807) is 0 Å². The zero-order valence-electron chi connectivity index (χ0n) is 10.4. The summed E-state index contributed by atoms with van der Waals surface area (Å²) in [5, 5.41) is 13.7. The highest BCUT2D eigenvalue weighted by atomic mass is 35.5. The number of carbonyl (C=O) groups is 1. The molecule has 0 radical (unpaired) electrons. The summed E-state index contributed by atoms with van der Waals surface area (Å²) >= 11 is 5.77. The van der Waals surface area contributed by atoms with Gasteiger partial charge in [-0.25, -0.2) is 13.8 Å². The highest BCUT2D eigenvalue weighted by molar-refractivity contribution is 7.91. The van der Waals surface area contributed by atoms with Crippen LogP contribution in [0.3, 0.4) is 0 Å². The van der Waals surface area contributed by atoms with Crippen LogP contribution in [0.15, 0.2) is 23.3 Å². The molecular weight excluding hydrogens is 304 g/mol. The number of hydrogen-bond donors (Lipinski definition) is 2. The second kappa shape index (κ2) is 5.80. The van der Waals surface area contributed by atoms with E-state index in [0.29, 0.717) is 17.0 Å². The third-order valence-electron chi connectivity index (χ3n) is 2.97. The van der Waals surface area contributed by atoms with Gasteiger partial charge in [-0.1, -0.05) is 11.6 Å². The number of carbonyl (C=O) groups excluding carboxylic acids is 1. The Morgan fingerprint density at radius 1 is 1.50 bits per heavy atom. The van der Waals surface area contributed by atoms with Gasteiger partial charge in [0, 0.05) is 10.6 Å². The molecule has 1 fully saturated rings. The van der Waals surface area contributed by atoms with E-state index in [4.69, 9.17) is 11.6 Å². The molecule has 0 unspecified atom stereocenters. The van der Waals surface area contributed by atoms with Crippen molar-refractivity contribution in [3.63, 3.8) is 0 Å². The van der Waals surface area contributed by atoms with E-state index < -0.39 is 21.7 Å². The van der Waals surface area contributed by atoms with Crippen LogP contribution in [0.2, 0.25) is 5.02 Å². The second-order valence-electron chi connectivity index (χ2n) is 4.54. The minimum Gasteiger partial charge on any atom is -0.507 e. The molecule has 108 valence electrons. The topological polar surface area (TPSA) is 95.8 Å². The highest BCUT2D eigenvalue weighted by Gasteiger charge is 2.32. The normalized spacial score (nSPS) is 21.1. The lowest BCUT2D eigenvalue weighted by atomic mass is 10.1. The van der Waals surface area contributed by atoms with Gasteiger partial charge in [0.2, 0.25) is 5.91 Å². The number of rotatable bonds is 3. The molecule has 2 rings (SSSR count). The number of phenolic OH excluding ortho intramolecular Hbond substituents is 1. The van der Waals surface area contributed by atoms with Gasteiger partial charge in [-0.15, -0.1) is 0 Å². The molecular formula is C12H13ClN2O4S. The van der Waals surface area contributed by atoms with Crippen molar-refractivity contribution in [2.75, 3.05) is 11.5 Å². The molecule has 1 saturated heterocycles. The number of amides is 1. The Morgan fingerprint density at radius 2 is 2.25 bits per heavy atom. The molecule has 1 heterocycles. The molecule has 1 aromatic rings. The summed E-state index contributed by atoms with van der Waals surface area (Å²) in [5.74, 6) is -1.13. The van der Waals surface area contributed by atoms with Gasteiger partial charge in [-0.05, 0) is 24.6 Å². The highest BCUT2D eigenvalue weighted by Crippen LogP contribution is 2.20. The van der Waals surface area contributed by atoms with E-state index in [-0.39, 0.29) is 17.3 Å². The lowest BCUT2D eigenvalue weighted by molar-refractivity contribution is -0.124. The van der Waals surface area contributed by atoms with Gasteiger partial charge in [0.25, 0.3) is 0 Å². The van der Waals surface area contributed by atoms with Crippen molar-refractivity contribution in [1.29, 1.82) is 0 Å². The number of hydrogen-bond acceptors (Lipinski definition) is 5. The molecule has 1 amide bonds. The van der Waals surface area contributed by atoms with Gasteiger partial charge in [-0.2, -0.15) is 5.10 Å². The zero-order chi connectivity index (χ0) is 14.8. The first kappa shape index (κ1) is 14.8. The number of aromatic hydroxyl groups is 1. The first-order valence-corrected chi connectivity index (χ1v) is 8.09. The van der Waals surface area contributed by atoms with E-state index in [2.05, 4.69) is 10.5 Å². The standard InChI is InChI=1S/C12H13ClN2O4S/c13-10-1-2-11(16)9(5-10)6-14-15-12(17)8-3-4-20(18,19)7-8/h1-2,5-6,8,16H,3-4,7H2,(H,15,17)/b14-6+/t8-/m1/s1. The van der Waals surface area contributed by atoms with Crippen molar-refractivity contribution in [3.8, 4) is 5.75 Å². The quantitative estimate of drug-likeness (QED) is 0.640. The van der Waals surface area contributed by atoms with Gasteiger partial charge < -0.3 is 5.11 Å². The lowest BCUT2D eigenvalue weighted by Gasteiger charge is -2.05. The molecule has 0 bridgehead atoms. The van der Waals surface area contributed by atoms with Crippen molar-refractivity contribution >= 4 is 33.6 Å². The minimum absolute atomic E-state index is 0.0177. The minimum atomic E-state index is -3.10. The van der Waals surface area contributed by atoms with Gasteiger partial charge in [0.05, 0.1) is 23.6 Å². The van der Waals surface area contributed by atoms with Crippen LogP contribution in [0.5, 0.6) is 5.75 Å². The van der Waals surface area contributed by atoms with Crippen molar-refractivity contribution in [2.24, 2.45) is 11.0 Å². The molecule has 0 aliphatic carbocycles. The molecule has 6 nitrogen and oxygen atoms in total. The average molecular weight is 317 g/mol. The molecule has 1 aromatic carbocycles. The van der Waals surface area contributed by atoms with Crippen LogP contribution in [0, 0.1) is 5.92 Å². The molecule has 8 heteroatoms. The number of nitrogens with zero attached hydrogens (tertiary/aromatic N) is 1. The first-order valence-electron chi connectivity index (χ1n) is 5.89. The third kappa shape index (κ3) is 3.71. The van der Waals surface area contributed by atoms with Crippen molar-refractivity contribution in [3.05, 3.63) is 28.8 Å². The summed E-state index contributed by atoms with van der Waals surface area (Å²) in [4.78, 5) is 11.7. The van der Waals surface area contributed by atoms with Crippen LogP contribution in [-0.4, -0.2) is 37.2 Å². The SMILES string of the molecule is O=C(N/N=C/c1cc(Cl)ccc1O)[C@@H]1CCS(=O)(=O)C1. The maximum Gasteiger partial charge on any atom is 0.244 e. The number of hydrazone groups is 1. The van der Waals surface area contributed by atoms with Crippen LogP contribution in [0.25, 0.3) is 0 Å². The summed E-state index contributed by atoms with van der Waals surface area (Å²) in [6, 6.07) is 4.43. The van der Waals surface area contributed by atoms with Crippen molar-refractivity contribution in [2.45, 2.75) is 6.42 Å². The Morgan fingerprint density at radius 3 is 2.90 bits per heavy atom. The van der Waals surface area contributed by atoms with Gasteiger partial charge in [-0.3, -0.25) is 4.79 Å². The fraction of sp³-hybridized carbons (Fsp3) is 0.333. The number of sulfone groups is 1. The van der Waals surface area contributed by atoms with Crippen LogP contribution in [0.1, 0.15) is 12.0 Å². The van der Waals surface area contributed by atoms with E-state index in [1.807, 2.05) is 0 Å². The number of phenols is 1.